The smallest absolute Gasteiger partial charge is 0.308 e. The van der Waals surface area contributed by atoms with E-state index in [1.165, 1.54) is 7.11 Å². The Bertz CT molecular complexity index is 412. The maximum atomic E-state index is 13.2. The highest BCUT2D eigenvalue weighted by molar-refractivity contribution is 5.69. The van der Waals surface area contributed by atoms with E-state index in [0.717, 1.165) is 18.2 Å². The Morgan fingerprint density at radius 1 is 1.50 bits per heavy atom. The summed E-state index contributed by atoms with van der Waals surface area (Å²) in [5.74, 6) is -1.57. The SMILES string of the molecule is COC(=O)CC(O)CNCc1cc(F)ccc1F. The molecule has 4 nitrogen and oxygen atoms in total. The van der Waals surface area contributed by atoms with Crippen molar-refractivity contribution in [3.63, 3.8) is 0 Å². The zero-order valence-corrected chi connectivity index (χ0v) is 9.95. The van der Waals surface area contributed by atoms with Crippen molar-refractivity contribution >= 4 is 5.97 Å². The number of aliphatic hydroxyl groups excluding tert-OH is 1. The van der Waals surface area contributed by atoms with Crippen LogP contribution in [0.25, 0.3) is 0 Å². The summed E-state index contributed by atoms with van der Waals surface area (Å²) >= 11 is 0. The van der Waals surface area contributed by atoms with Crippen molar-refractivity contribution in [2.24, 2.45) is 0 Å². The number of nitrogens with one attached hydrogen (secondary N) is 1. The molecule has 0 aliphatic heterocycles. The molecule has 1 aromatic rings. The van der Waals surface area contributed by atoms with E-state index in [4.69, 9.17) is 0 Å². The van der Waals surface area contributed by atoms with Gasteiger partial charge in [-0.05, 0) is 18.2 Å². The summed E-state index contributed by atoms with van der Waals surface area (Å²) in [6.45, 7) is 0.160. The summed E-state index contributed by atoms with van der Waals surface area (Å²) in [7, 11) is 1.23. The van der Waals surface area contributed by atoms with Crippen molar-refractivity contribution in [1.82, 2.24) is 5.32 Å². The van der Waals surface area contributed by atoms with Gasteiger partial charge >= 0.3 is 5.97 Å². The molecule has 0 aliphatic carbocycles. The zero-order chi connectivity index (χ0) is 13.5. The fourth-order valence-corrected chi connectivity index (χ4v) is 1.40. The molecule has 2 N–H and O–H groups in total. The second kappa shape index (κ2) is 7.03. The molecular formula is C12H15F2NO3. The van der Waals surface area contributed by atoms with Gasteiger partial charge in [-0.2, -0.15) is 0 Å². The first kappa shape index (κ1) is 14.5. The maximum absolute atomic E-state index is 13.2. The molecule has 0 fully saturated rings. The van der Waals surface area contributed by atoms with Crippen LogP contribution in [0.2, 0.25) is 0 Å². The van der Waals surface area contributed by atoms with E-state index < -0.39 is 23.7 Å². The van der Waals surface area contributed by atoms with E-state index in [1.807, 2.05) is 0 Å². The highest BCUT2D eigenvalue weighted by Gasteiger charge is 2.11. The Morgan fingerprint density at radius 2 is 2.22 bits per heavy atom. The first-order valence-corrected chi connectivity index (χ1v) is 5.42. The number of hydrogen-bond acceptors (Lipinski definition) is 4. The van der Waals surface area contributed by atoms with Gasteiger partial charge in [-0.1, -0.05) is 0 Å². The molecule has 0 aliphatic rings. The van der Waals surface area contributed by atoms with Crippen molar-refractivity contribution in [3.05, 3.63) is 35.4 Å². The minimum absolute atomic E-state index is 0.0713. The number of ether oxygens (including phenoxy) is 1. The summed E-state index contributed by atoms with van der Waals surface area (Å²) in [5, 5.41) is 12.2. The number of carbonyl (C=O) groups is 1. The van der Waals surface area contributed by atoms with Crippen molar-refractivity contribution in [2.45, 2.75) is 19.1 Å². The molecule has 0 radical (unpaired) electrons. The molecule has 1 unspecified atom stereocenters. The molecule has 18 heavy (non-hydrogen) atoms. The Kier molecular flexibility index (Phi) is 5.67. The molecular weight excluding hydrogens is 244 g/mol. The molecule has 100 valence electrons. The molecule has 0 bridgehead atoms. The third-order valence-electron chi connectivity index (χ3n) is 2.33. The highest BCUT2D eigenvalue weighted by Crippen LogP contribution is 2.09. The van der Waals surface area contributed by atoms with Crippen molar-refractivity contribution in [3.8, 4) is 0 Å². The molecule has 1 rings (SSSR count). The molecule has 0 amide bonds. The van der Waals surface area contributed by atoms with Gasteiger partial charge < -0.3 is 15.2 Å². The number of halogens is 2. The normalized spacial score (nSPS) is 12.2. The predicted molar refractivity (Wildman–Crippen MR) is 60.7 cm³/mol. The Morgan fingerprint density at radius 3 is 2.89 bits per heavy atom. The van der Waals surface area contributed by atoms with Crippen LogP contribution in [0.4, 0.5) is 8.78 Å². The predicted octanol–water partition coefficient (Wildman–Crippen LogP) is 0.978. The summed E-state index contributed by atoms with van der Waals surface area (Å²) < 4.78 is 30.4. The van der Waals surface area contributed by atoms with Gasteiger partial charge in [-0.15, -0.1) is 0 Å². The van der Waals surface area contributed by atoms with Crippen LogP contribution in [0.5, 0.6) is 0 Å². The van der Waals surface area contributed by atoms with E-state index in [2.05, 4.69) is 10.1 Å². The maximum Gasteiger partial charge on any atom is 0.308 e. The van der Waals surface area contributed by atoms with Crippen LogP contribution in [0.1, 0.15) is 12.0 Å². The summed E-state index contributed by atoms with van der Waals surface area (Å²) in [4.78, 5) is 10.8. The van der Waals surface area contributed by atoms with E-state index in [0.29, 0.717) is 0 Å². The van der Waals surface area contributed by atoms with Crippen LogP contribution in [0, 0.1) is 11.6 Å². The van der Waals surface area contributed by atoms with Gasteiger partial charge in [0.25, 0.3) is 0 Å². The molecule has 1 atom stereocenters. The quantitative estimate of drug-likeness (QED) is 0.748. The number of hydrogen-bond donors (Lipinski definition) is 2. The van der Waals surface area contributed by atoms with E-state index in [1.54, 1.807) is 0 Å². The molecule has 0 heterocycles. The van der Waals surface area contributed by atoms with Crippen LogP contribution in [0.15, 0.2) is 18.2 Å². The summed E-state index contributed by atoms with van der Waals surface area (Å²) in [6.07, 6.45) is -1.07. The van der Waals surface area contributed by atoms with Gasteiger partial charge in [0, 0.05) is 18.7 Å². The first-order valence-electron chi connectivity index (χ1n) is 5.42. The summed E-state index contributed by atoms with van der Waals surface area (Å²) in [6, 6.07) is 3.15. The standard InChI is InChI=1S/C12H15F2NO3/c1-18-12(17)5-10(16)7-15-6-8-4-9(13)2-3-11(8)14/h2-4,10,15-16H,5-7H2,1H3. The monoisotopic (exact) mass is 259 g/mol. The number of methoxy groups -OCH3 is 1. The Hall–Kier alpha value is -1.53. The van der Waals surface area contributed by atoms with E-state index in [-0.39, 0.29) is 25.1 Å². The number of benzene rings is 1. The molecule has 1 aromatic carbocycles. The van der Waals surface area contributed by atoms with Crippen LogP contribution >= 0.6 is 0 Å². The van der Waals surface area contributed by atoms with Crippen molar-refractivity contribution < 1.29 is 23.4 Å². The third kappa shape index (κ3) is 4.77. The minimum atomic E-state index is -0.922. The lowest BCUT2D eigenvalue weighted by atomic mass is 10.2. The molecule has 6 heteroatoms. The second-order valence-electron chi connectivity index (χ2n) is 3.80. The lowest BCUT2D eigenvalue weighted by Crippen LogP contribution is -2.29. The van der Waals surface area contributed by atoms with Crippen LogP contribution in [-0.4, -0.2) is 30.8 Å². The fourth-order valence-electron chi connectivity index (χ4n) is 1.40. The van der Waals surface area contributed by atoms with Crippen LogP contribution < -0.4 is 5.32 Å². The first-order chi connectivity index (χ1) is 8.52. The van der Waals surface area contributed by atoms with E-state index >= 15 is 0 Å². The minimum Gasteiger partial charge on any atom is -0.469 e. The average Bonchev–Trinajstić information content (AvgIpc) is 2.33. The molecule has 0 aromatic heterocycles. The highest BCUT2D eigenvalue weighted by atomic mass is 19.1. The van der Waals surface area contributed by atoms with Gasteiger partial charge in [0.05, 0.1) is 19.6 Å². The Balaban J connectivity index is 2.37. The summed E-state index contributed by atoms with van der Waals surface area (Å²) in [5.41, 5.74) is 0.167. The topological polar surface area (TPSA) is 58.6 Å². The van der Waals surface area contributed by atoms with Gasteiger partial charge in [-0.3, -0.25) is 4.79 Å². The molecule has 0 spiro atoms. The number of carbonyl (C=O) groups excluding carboxylic acids is 1. The third-order valence-corrected chi connectivity index (χ3v) is 2.33. The van der Waals surface area contributed by atoms with Gasteiger partial charge in [-0.25, -0.2) is 8.78 Å². The number of esters is 1. The van der Waals surface area contributed by atoms with Crippen molar-refractivity contribution in [1.29, 1.82) is 0 Å². The number of aliphatic hydroxyl groups is 1. The fraction of sp³-hybridized carbons (Fsp3) is 0.417. The zero-order valence-electron chi connectivity index (χ0n) is 9.95. The molecule has 0 saturated heterocycles. The van der Waals surface area contributed by atoms with Gasteiger partial charge in [0.2, 0.25) is 0 Å². The van der Waals surface area contributed by atoms with Gasteiger partial charge in [0.1, 0.15) is 11.6 Å². The average molecular weight is 259 g/mol. The van der Waals surface area contributed by atoms with Crippen LogP contribution in [-0.2, 0) is 16.1 Å². The molecule has 0 saturated carbocycles. The largest absolute Gasteiger partial charge is 0.469 e. The van der Waals surface area contributed by atoms with Gasteiger partial charge in [0.15, 0.2) is 0 Å². The number of rotatable bonds is 6. The Labute approximate surface area is 104 Å². The van der Waals surface area contributed by atoms with Crippen LogP contribution in [0.3, 0.4) is 0 Å². The lowest BCUT2D eigenvalue weighted by Gasteiger charge is -2.11. The van der Waals surface area contributed by atoms with Crippen molar-refractivity contribution in [2.75, 3.05) is 13.7 Å². The van der Waals surface area contributed by atoms with E-state index in [9.17, 15) is 18.7 Å². The lowest BCUT2D eigenvalue weighted by molar-refractivity contribution is -0.142. The second-order valence-corrected chi connectivity index (χ2v) is 3.80.